The van der Waals surface area contributed by atoms with Gasteiger partial charge >= 0.3 is 12.1 Å². The van der Waals surface area contributed by atoms with Crippen molar-refractivity contribution in [3.05, 3.63) is 176 Å². The highest BCUT2D eigenvalue weighted by Crippen LogP contribution is 2.57. The minimum Gasteiger partial charge on any atom is -0.490 e. The number of nitro groups is 2. The lowest BCUT2D eigenvalue weighted by Crippen LogP contribution is -2.42. The number of urea groups is 2. The summed E-state index contributed by atoms with van der Waals surface area (Å²) in [5.74, 6) is 3.83. The number of aromatic nitrogens is 4. The Bertz CT molecular complexity index is 3720. The molecular weight excluding hydrogens is 1270 g/mol. The van der Waals surface area contributed by atoms with Gasteiger partial charge in [-0.15, -0.1) is 0 Å². The Balaban J connectivity index is 1.22. The van der Waals surface area contributed by atoms with Crippen molar-refractivity contribution in [3.8, 4) is 23.0 Å². The maximum absolute atomic E-state index is 13.1. The SMILES string of the molecule is Cn1ccnc1COc1c2cc(C(C)(C)C)cc1Sc1cc(C(C)(C)C)cc(c1OCCNNC(=O)Nc1ccc([N+](=O)[O-])cc1)Sc1cc(C(C)(C)C)cc(c1OCc1nccn1C)Sc1cc(C(C)(C)C)cc(c1OCCNNC(=O)Nc1ccc([N+](=O)[O-])cc1)S2. The summed E-state index contributed by atoms with van der Waals surface area (Å²) < 4.78 is 32.4. The molecular formula is C68H80N12O10S4. The Kier molecular flexibility index (Phi) is 21.9. The standard InChI is InChI=1S/C68H80N12O10S4/c1-65(2,3)41-31-49-59(87-29-25-71-75-63(81)73-45-15-19-47(20-16-45)79(83)84)50(32-41)92-54-36-44(68(10,11)12)38-56(62(54)90-40-58-70-24-28-78(58)14)94-52-34-42(66(4,5)6)33-51(60(52)88-30-26-72-76-64(82)74-46-17-21-48(22-18-46)80(85)86)93-55-37-43(67(7,8)9)35-53(91-49)61(55)89-39-57-69-23-27-77(57)13/h15-24,27-28,31-38,71-72H,25-26,29-30,39-40H2,1-14H3,(H2,73,75,81)(H2,74,76,82). The third-order valence-electron chi connectivity index (χ3n) is 15.0. The molecule has 4 amide bonds. The number of aryl methyl sites for hydroxylation is 2. The van der Waals surface area contributed by atoms with Crippen molar-refractivity contribution in [2.45, 2.75) is 157 Å². The van der Waals surface area contributed by atoms with Crippen LogP contribution >= 0.6 is 47.0 Å². The molecule has 3 heterocycles. The number of amides is 4. The lowest BCUT2D eigenvalue weighted by molar-refractivity contribution is -0.385. The summed E-state index contributed by atoms with van der Waals surface area (Å²) in [4.78, 5) is 63.7. The Morgan fingerprint density at radius 3 is 0.947 bits per heavy atom. The average molecular weight is 1350 g/mol. The van der Waals surface area contributed by atoms with Gasteiger partial charge in [0, 0.05) is 87.6 Å². The number of carbonyl (C=O) groups excluding carboxylic acids is 2. The number of nitrogens with one attached hydrogen (secondary N) is 6. The van der Waals surface area contributed by atoms with E-state index in [1.165, 1.54) is 95.6 Å². The molecule has 9 rings (SSSR count). The highest BCUT2D eigenvalue weighted by molar-refractivity contribution is 8.01. The van der Waals surface area contributed by atoms with E-state index in [4.69, 9.17) is 18.9 Å². The third kappa shape index (κ3) is 18.1. The van der Waals surface area contributed by atoms with Crippen LogP contribution in [0.1, 0.15) is 117 Å². The van der Waals surface area contributed by atoms with Crippen molar-refractivity contribution >= 4 is 81.9 Å². The van der Waals surface area contributed by atoms with Crippen molar-refractivity contribution in [2.24, 2.45) is 14.1 Å². The zero-order valence-corrected chi connectivity index (χ0v) is 58.5. The molecule has 22 nitrogen and oxygen atoms in total. The van der Waals surface area contributed by atoms with Crippen LogP contribution in [-0.4, -0.2) is 67.3 Å². The van der Waals surface area contributed by atoms with Gasteiger partial charge in [-0.05, 0) is 117 Å². The molecule has 496 valence electrons. The van der Waals surface area contributed by atoms with Crippen LogP contribution in [0.5, 0.6) is 23.0 Å². The monoisotopic (exact) mass is 1350 g/mol. The first kappa shape index (κ1) is 69.9. The summed E-state index contributed by atoms with van der Waals surface area (Å²) in [6.45, 7) is 27.1. The molecule has 1 aliphatic heterocycles. The van der Waals surface area contributed by atoms with Crippen LogP contribution in [0.4, 0.5) is 32.3 Å². The molecule has 0 fully saturated rings. The number of hydrogen-bond acceptors (Lipinski definition) is 18. The van der Waals surface area contributed by atoms with E-state index >= 15 is 0 Å². The molecule has 8 aromatic rings. The minimum atomic E-state index is -0.574. The molecule has 0 aliphatic carbocycles. The van der Waals surface area contributed by atoms with E-state index in [2.05, 4.69) is 174 Å². The number of anilines is 2. The lowest BCUT2D eigenvalue weighted by atomic mass is 9.87. The predicted octanol–water partition coefficient (Wildman–Crippen LogP) is 15.6. The molecule has 0 unspecified atom stereocenters. The molecule has 8 bridgehead atoms. The van der Waals surface area contributed by atoms with Gasteiger partial charge in [0.1, 0.15) is 61.1 Å². The van der Waals surface area contributed by atoms with Crippen molar-refractivity contribution < 1.29 is 38.4 Å². The van der Waals surface area contributed by atoms with Gasteiger partial charge in [0.05, 0.1) is 49.0 Å². The Labute approximate surface area is 564 Å². The van der Waals surface area contributed by atoms with Gasteiger partial charge in [-0.3, -0.25) is 31.1 Å². The fourth-order valence-corrected chi connectivity index (χ4v) is 14.2. The van der Waals surface area contributed by atoms with Crippen LogP contribution < -0.4 is 51.3 Å². The van der Waals surface area contributed by atoms with E-state index < -0.39 is 21.9 Å². The van der Waals surface area contributed by atoms with E-state index in [0.29, 0.717) is 46.0 Å². The minimum absolute atomic E-state index is 0.0954. The van der Waals surface area contributed by atoms with E-state index in [1.54, 1.807) is 12.4 Å². The van der Waals surface area contributed by atoms with Crippen LogP contribution in [0.25, 0.3) is 0 Å². The number of imidazole rings is 2. The summed E-state index contributed by atoms with van der Waals surface area (Å²) in [5.41, 5.74) is 14.6. The lowest BCUT2D eigenvalue weighted by Gasteiger charge is -2.28. The Hall–Kier alpha value is -8.40. The van der Waals surface area contributed by atoms with Gasteiger partial charge in [-0.2, -0.15) is 0 Å². The van der Waals surface area contributed by atoms with Gasteiger partial charge < -0.3 is 38.7 Å². The molecule has 0 atom stereocenters. The molecule has 0 spiro atoms. The highest BCUT2D eigenvalue weighted by Gasteiger charge is 2.31. The number of hydrazine groups is 2. The number of nitrogens with zero attached hydrogens (tertiary/aromatic N) is 6. The average Bonchev–Trinajstić information content (AvgIpc) is 0.838. The normalized spacial score (nSPS) is 12.6. The number of nitro benzene ring substituents is 2. The third-order valence-corrected chi connectivity index (χ3v) is 19.2. The molecule has 0 saturated carbocycles. The smallest absolute Gasteiger partial charge is 0.333 e. The molecule has 6 N–H and O–H groups in total. The molecule has 94 heavy (non-hydrogen) atoms. The number of non-ortho nitro benzene ring substituents is 2. The first-order valence-corrected chi connectivity index (χ1v) is 33.6. The molecule has 0 saturated heterocycles. The molecule has 2 aromatic heterocycles. The van der Waals surface area contributed by atoms with Crippen molar-refractivity contribution in [2.75, 3.05) is 36.9 Å². The maximum Gasteiger partial charge on any atom is 0.333 e. The quantitative estimate of drug-likeness (QED) is 0.0235. The topological polar surface area (TPSA) is 265 Å². The van der Waals surface area contributed by atoms with Gasteiger partial charge in [-0.25, -0.2) is 30.4 Å². The fraction of sp³-hybridized carbons (Fsp3) is 0.353. The molecule has 0 radical (unpaired) electrons. The number of fused-ring (bicyclic) bond motifs is 8. The van der Waals surface area contributed by atoms with Crippen LogP contribution in [-0.2, 0) is 49.0 Å². The summed E-state index contributed by atoms with van der Waals surface area (Å²) in [6.07, 6.45) is 7.27. The summed E-state index contributed by atoms with van der Waals surface area (Å²) in [6, 6.07) is 27.5. The van der Waals surface area contributed by atoms with Crippen LogP contribution in [0.2, 0.25) is 0 Å². The Morgan fingerprint density at radius 2 is 0.713 bits per heavy atom. The maximum atomic E-state index is 13.1. The van der Waals surface area contributed by atoms with Crippen molar-refractivity contribution in [3.63, 3.8) is 0 Å². The van der Waals surface area contributed by atoms with Gasteiger partial charge in [0.15, 0.2) is 0 Å². The van der Waals surface area contributed by atoms with Gasteiger partial charge in [0.2, 0.25) is 0 Å². The van der Waals surface area contributed by atoms with E-state index in [-0.39, 0.29) is 72.6 Å². The molecule has 6 aromatic carbocycles. The summed E-state index contributed by atoms with van der Waals surface area (Å²) in [7, 11) is 3.87. The highest BCUT2D eigenvalue weighted by atomic mass is 32.2. The largest absolute Gasteiger partial charge is 0.490 e. The van der Waals surface area contributed by atoms with Crippen LogP contribution in [0.3, 0.4) is 0 Å². The van der Waals surface area contributed by atoms with Crippen molar-refractivity contribution in [1.82, 2.24) is 40.8 Å². The first-order chi connectivity index (χ1) is 44.4. The second-order valence-corrected chi connectivity index (χ2v) is 30.8. The van der Waals surface area contributed by atoms with Gasteiger partial charge in [-0.1, -0.05) is 130 Å². The first-order valence-electron chi connectivity index (χ1n) is 30.4. The number of rotatable bonds is 20. The molecule has 1 aliphatic rings. The zero-order valence-electron chi connectivity index (χ0n) is 55.2. The van der Waals surface area contributed by atoms with Crippen LogP contribution in [0, 0.1) is 20.2 Å². The van der Waals surface area contributed by atoms with Gasteiger partial charge in [0.25, 0.3) is 11.4 Å². The summed E-state index contributed by atoms with van der Waals surface area (Å²) in [5, 5.41) is 28.0. The van der Waals surface area contributed by atoms with Crippen molar-refractivity contribution in [1.29, 1.82) is 0 Å². The number of ether oxygens (including phenoxy) is 4. The van der Waals surface area contributed by atoms with E-state index in [1.807, 2.05) is 35.6 Å². The Morgan fingerprint density at radius 1 is 0.447 bits per heavy atom. The second kappa shape index (κ2) is 29.5. The fourth-order valence-electron chi connectivity index (χ4n) is 9.38. The molecule has 26 heteroatoms. The van der Waals surface area contributed by atoms with E-state index in [0.717, 1.165) is 61.4 Å². The van der Waals surface area contributed by atoms with E-state index in [9.17, 15) is 29.8 Å². The van der Waals surface area contributed by atoms with Crippen LogP contribution in [0.15, 0.2) is 161 Å². The number of benzene rings is 6. The predicted molar refractivity (Wildman–Crippen MR) is 370 cm³/mol. The zero-order chi connectivity index (χ0) is 67.9. The number of hydrogen-bond donors (Lipinski definition) is 6. The number of carbonyl (C=O) groups is 2. The second-order valence-electron chi connectivity index (χ2n) is 26.4. The summed E-state index contributed by atoms with van der Waals surface area (Å²) >= 11 is 6.15.